The van der Waals surface area contributed by atoms with E-state index in [1.54, 1.807) is 0 Å². The smallest absolute Gasteiger partial charge is 0.0714 e. The molecule has 0 amide bonds. The van der Waals surface area contributed by atoms with Gasteiger partial charge in [0, 0.05) is 16.9 Å². The standard InChI is InChI=1S/C59H41N/c1-4-19-42(20-5-1)44-23-17-30-49(40-44)60(58-36-15-13-32-53(58)46-25-16-24-45(39-46)52-34-18-22-43-21-10-11-31-51(43)52)50-37-38-55-54-33-12-14-35-56(54)59(57(55)41-50,47-26-6-2-7-27-47)48-28-8-3-9-29-48/h1-41H. The van der Waals surface area contributed by atoms with Crippen molar-refractivity contribution in [2.24, 2.45) is 0 Å². The fourth-order valence-electron chi connectivity index (χ4n) is 9.70. The van der Waals surface area contributed by atoms with Crippen LogP contribution in [0.2, 0.25) is 0 Å². The minimum atomic E-state index is -0.520. The van der Waals surface area contributed by atoms with Crippen molar-refractivity contribution in [3.63, 3.8) is 0 Å². The van der Waals surface area contributed by atoms with Crippen LogP contribution in [0, 0.1) is 0 Å². The molecule has 1 nitrogen and oxygen atoms in total. The Morgan fingerprint density at radius 1 is 0.283 bits per heavy atom. The molecule has 0 fully saturated rings. The number of anilines is 3. The van der Waals surface area contributed by atoms with E-state index in [0.717, 1.165) is 28.2 Å². The van der Waals surface area contributed by atoms with Crippen LogP contribution in [0.5, 0.6) is 0 Å². The van der Waals surface area contributed by atoms with Gasteiger partial charge in [0.25, 0.3) is 0 Å². The summed E-state index contributed by atoms with van der Waals surface area (Å²) in [5.74, 6) is 0. The third-order valence-corrected chi connectivity index (χ3v) is 12.3. The molecule has 0 atom stereocenters. The summed E-state index contributed by atoms with van der Waals surface area (Å²) < 4.78 is 0. The van der Waals surface area contributed by atoms with Crippen LogP contribution in [0.1, 0.15) is 22.3 Å². The molecular weight excluding hydrogens is 723 g/mol. The number of benzene rings is 10. The SMILES string of the molecule is c1ccc(-c2cccc(N(c3ccc4c(c3)C(c3ccccc3)(c3ccccc3)c3ccccc3-4)c3ccccc3-c3cccc(-c4cccc5ccccc45)c3)c2)cc1. The summed E-state index contributed by atoms with van der Waals surface area (Å²) in [7, 11) is 0. The first-order valence-electron chi connectivity index (χ1n) is 20.8. The first-order valence-corrected chi connectivity index (χ1v) is 20.8. The first kappa shape index (κ1) is 35.4. The Bertz CT molecular complexity index is 3100. The molecule has 0 aliphatic heterocycles. The zero-order valence-electron chi connectivity index (χ0n) is 33.1. The molecule has 0 saturated carbocycles. The monoisotopic (exact) mass is 763 g/mol. The molecule has 0 radical (unpaired) electrons. The molecular formula is C59H41N. The van der Waals surface area contributed by atoms with Gasteiger partial charge >= 0.3 is 0 Å². The topological polar surface area (TPSA) is 3.24 Å². The maximum absolute atomic E-state index is 2.47. The molecule has 1 heteroatoms. The Morgan fingerprint density at radius 3 is 1.58 bits per heavy atom. The lowest BCUT2D eigenvalue weighted by Gasteiger charge is -2.35. The second-order valence-electron chi connectivity index (χ2n) is 15.6. The predicted octanol–water partition coefficient (Wildman–Crippen LogP) is 15.7. The zero-order valence-corrected chi connectivity index (χ0v) is 33.1. The van der Waals surface area contributed by atoms with Crippen LogP contribution in [0.15, 0.2) is 249 Å². The lowest BCUT2D eigenvalue weighted by molar-refractivity contribution is 0.768. The highest BCUT2D eigenvalue weighted by atomic mass is 15.1. The highest BCUT2D eigenvalue weighted by molar-refractivity contribution is 5.98. The van der Waals surface area contributed by atoms with Crippen LogP contribution in [0.25, 0.3) is 55.3 Å². The molecule has 1 aliphatic rings. The van der Waals surface area contributed by atoms with Gasteiger partial charge in [0.05, 0.1) is 11.1 Å². The summed E-state index contributed by atoms with van der Waals surface area (Å²) in [4.78, 5) is 2.47. The molecule has 0 bridgehead atoms. The van der Waals surface area contributed by atoms with Crippen LogP contribution in [0.4, 0.5) is 17.1 Å². The second-order valence-corrected chi connectivity index (χ2v) is 15.6. The number of rotatable bonds is 8. The van der Waals surface area contributed by atoms with Crippen molar-refractivity contribution >= 4 is 27.8 Å². The van der Waals surface area contributed by atoms with Crippen molar-refractivity contribution in [2.45, 2.75) is 5.41 Å². The predicted molar refractivity (Wildman–Crippen MR) is 252 cm³/mol. The average Bonchev–Trinajstić information content (AvgIpc) is 3.63. The van der Waals surface area contributed by atoms with Crippen molar-refractivity contribution in [3.8, 4) is 44.5 Å². The summed E-state index contributed by atoms with van der Waals surface area (Å²) >= 11 is 0. The van der Waals surface area contributed by atoms with Gasteiger partial charge < -0.3 is 4.90 Å². The van der Waals surface area contributed by atoms with E-state index >= 15 is 0 Å². The van der Waals surface area contributed by atoms with E-state index in [4.69, 9.17) is 0 Å². The highest BCUT2D eigenvalue weighted by Gasteiger charge is 2.46. The van der Waals surface area contributed by atoms with Gasteiger partial charge in [-0.05, 0) is 108 Å². The Morgan fingerprint density at radius 2 is 0.800 bits per heavy atom. The lowest BCUT2D eigenvalue weighted by Crippen LogP contribution is -2.28. The molecule has 0 aromatic heterocycles. The highest BCUT2D eigenvalue weighted by Crippen LogP contribution is 2.57. The van der Waals surface area contributed by atoms with Crippen molar-refractivity contribution in [3.05, 3.63) is 271 Å². The van der Waals surface area contributed by atoms with E-state index in [-0.39, 0.29) is 0 Å². The molecule has 10 aromatic rings. The number of hydrogen-bond acceptors (Lipinski definition) is 1. The maximum atomic E-state index is 2.47. The van der Waals surface area contributed by atoms with E-state index in [9.17, 15) is 0 Å². The minimum Gasteiger partial charge on any atom is -0.310 e. The van der Waals surface area contributed by atoms with Crippen molar-refractivity contribution in [2.75, 3.05) is 4.90 Å². The summed E-state index contributed by atoms with van der Waals surface area (Å²) in [6.45, 7) is 0. The van der Waals surface area contributed by atoms with Crippen molar-refractivity contribution < 1.29 is 0 Å². The Balaban J connectivity index is 1.16. The van der Waals surface area contributed by atoms with Gasteiger partial charge in [0.15, 0.2) is 0 Å². The zero-order chi connectivity index (χ0) is 39.9. The fraction of sp³-hybridized carbons (Fsp3) is 0.0169. The van der Waals surface area contributed by atoms with Gasteiger partial charge in [0.1, 0.15) is 0 Å². The maximum Gasteiger partial charge on any atom is 0.0714 e. The molecule has 0 saturated heterocycles. The molecule has 10 aromatic carbocycles. The third kappa shape index (κ3) is 5.86. The molecule has 282 valence electrons. The Hall–Kier alpha value is -7.74. The molecule has 11 rings (SSSR count). The van der Waals surface area contributed by atoms with Gasteiger partial charge in [-0.1, -0.05) is 212 Å². The van der Waals surface area contributed by atoms with E-state index in [2.05, 4.69) is 254 Å². The van der Waals surface area contributed by atoms with E-state index in [1.807, 2.05) is 0 Å². The summed E-state index contributed by atoms with van der Waals surface area (Å²) in [6.07, 6.45) is 0. The summed E-state index contributed by atoms with van der Waals surface area (Å²) in [5.41, 5.74) is 17.5. The Kier molecular flexibility index (Phi) is 8.79. The normalized spacial score (nSPS) is 12.5. The number of para-hydroxylation sites is 1. The lowest BCUT2D eigenvalue weighted by atomic mass is 9.67. The Labute approximate surface area is 352 Å². The average molecular weight is 764 g/mol. The van der Waals surface area contributed by atoms with Crippen LogP contribution in [-0.2, 0) is 5.41 Å². The molecule has 0 heterocycles. The van der Waals surface area contributed by atoms with Crippen molar-refractivity contribution in [1.29, 1.82) is 0 Å². The van der Waals surface area contributed by atoms with E-state index in [1.165, 1.54) is 66.4 Å². The summed E-state index contributed by atoms with van der Waals surface area (Å²) in [6, 6.07) is 91.1. The van der Waals surface area contributed by atoms with Crippen LogP contribution >= 0.6 is 0 Å². The molecule has 0 N–H and O–H groups in total. The number of hydrogen-bond donors (Lipinski definition) is 0. The van der Waals surface area contributed by atoms with Crippen LogP contribution in [-0.4, -0.2) is 0 Å². The molecule has 1 aliphatic carbocycles. The minimum absolute atomic E-state index is 0.520. The quantitative estimate of drug-likeness (QED) is 0.149. The van der Waals surface area contributed by atoms with Gasteiger partial charge in [-0.2, -0.15) is 0 Å². The molecule has 60 heavy (non-hydrogen) atoms. The van der Waals surface area contributed by atoms with Gasteiger partial charge in [-0.25, -0.2) is 0 Å². The van der Waals surface area contributed by atoms with Crippen LogP contribution < -0.4 is 4.90 Å². The van der Waals surface area contributed by atoms with Crippen LogP contribution in [0.3, 0.4) is 0 Å². The van der Waals surface area contributed by atoms with Crippen molar-refractivity contribution in [1.82, 2.24) is 0 Å². The fourth-order valence-corrected chi connectivity index (χ4v) is 9.70. The largest absolute Gasteiger partial charge is 0.310 e. The van der Waals surface area contributed by atoms with Gasteiger partial charge in [0.2, 0.25) is 0 Å². The van der Waals surface area contributed by atoms with Gasteiger partial charge in [-0.15, -0.1) is 0 Å². The number of nitrogens with zero attached hydrogens (tertiary/aromatic N) is 1. The van der Waals surface area contributed by atoms with E-state index in [0.29, 0.717) is 0 Å². The number of fused-ring (bicyclic) bond motifs is 4. The molecule has 0 unspecified atom stereocenters. The van der Waals surface area contributed by atoms with E-state index < -0.39 is 5.41 Å². The first-order chi connectivity index (χ1) is 29.8. The molecule has 0 spiro atoms. The third-order valence-electron chi connectivity index (χ3n) is 12.3. The summed E-state index contributed by atoms with van der Waals surface area (Å²) in [5, 5.41) is 2.50. The van der Waals surface area contributed by atoms with Gasteiger partial charge in [-0.3, -0.25) is 0 Å². The second kappa shape index (κ2) is 14.9.